The summed E-state index contributed by atoms with van der Waals surface area (Å²) >= 11 is 0. The molecular weight excluding hydrogens is 639 g/mol. The molecule has 5 fully saturated rings. The molecule has 1 aromatic rings. The molecule has 2 aliphatic carbocycles. The highest BCUT2D eigenvalue weighted by Crippen LogP contribution is 2.52. The Kier molecular flexibility index (Phi) is 11.2. The first-order valence-corrected chi connectivity index (χ1v) is 20.0. The largest absolute Gasteiger partial charge is 0.390 e. The number of nitrogens with zero attached hydrogens (tertiary/aromatic N) is 2. The van der Waals surface area contributed by atoms with Crippen LogP contribution >= 0.6 is 0 Å². The monoisotopic (exact) mass is 697 g/mol. The van der Waals surface area contributed by atoms with Gasteiger partial charge in [-0.25, -0.2) is 8.42 Å². The Morgan fingerprint density at radius 1 is 1.04 bits per heavy atom. The number of benzene rings is 1. The minimum absolute atomic E-state index is 0.0671. The Morgan fingerprint density at radius 3 is 2.42 bits per heavy atom. The average molecular weight is 698 g/mol. The summed E-state index contributed by atoms with van der Waals surface area (Å²) in [6.45, 7) is 11.8. The molecule has 3 N–H and O–H groups in total. The standard InChI is InChI=1S/C36H58F3N5O3S/c1-24(2)17-28-23-47-32-19-31(33-25(3)7-5-8-26(33)4)40-34(41-32)42-48(45,46)30-10-6-9-27(18-30)22-44(28)29-20-35(21-29)11-14-43(15-12-35)16-13-36(37,38)39/h5,7-8,24,27-32,34,40-42H,6,9-23H2,1-4H3/t27?,28-,30?,31?,32?,34?/m1/s1. The highest BCUT2D eigenvalue weighted by Gasteiger charge is 2.50. The van der Waals surface area contributed by atoms with Crippen LogP contribution in [-0.2, 0) is 14.8 Å². The van der Waals surface area contributed by atoms with Crippen LogP contribution in [0.25, 0.3) is 0 Å². The molecule has 272 valence electrons. The zero-order valence-electron chi connectivity index (χ0n) is 29.3. The summed E-state index contributed by atoms with van der Waals surface area (Å²) < 4.78 is 76.2. The normalized spacial score (nSPS) is 33.8. The van der Waals surface area contributed by atoms with Crippen molar-refractivity contribution in [3.8, 4) is 0 Å². The molecule has 8 nitrogen and oxygen atoms in total. The minimum Gasteiger partial charge on any atom is -0.362 e. The summed E-state index contributed by atoms with van der Waals surface area (Å²) in [6, 6.07) is 6.81. The van der Waals surface area contributed by atoms with Crippen molar-refractivity contribution in [2.45, 2.75) is 140 Å². The van der Waals surface area contributed by atoms with Gasteiger partial charge in [0.25, 0.3) is 0 Å². The molecule has 3 aliphatic heterocycles. The molecule has 6 atom stereocenters. The van der Waals surface area contributed by atoms with Crippen molar-refractivity contribution in [2.75, 3.05) is 32.8 Å². The number of hydrogen-bond donors (Lipinski definition) is 3. The molecule has 0 radical (unpaired) electrons. The quantitative estimate of drug-likeness (QED) is 0.339. The van der Waals surface area contributed by atoms with Crippen molar-refractivity contribution in [2.24, 2.45) is 17.3 Å². The van der Waals surface area contributed by atoms with E-state index >= 15 is 0 Å². The van der Waals surface area contributed by atoms with Crippen LogP contribution in [0.4, 0.5) is 13.2 Å². The number of ether oxygens (including phenoxy) is 1. The van der Waals surface area contributed by atoms with Gasteiger partial charge in [-0.1, -0.05) is 38.5 Å². The van der Waals surface area contributed by atoms with E-state index in [-0.39, 0.29) is 30.3 Å². The van der Waals surface area contributed by atoms with E-state index in [1.807, 2.05) is 4.90 Å². The molecule has 2 saturated carbocycles. The maximum Gasteiger partial charge on any atom is 0.390 e. The molecule has 1 aromatic carbocycles. The molecule has 0 amide bonds. The second-order valence-electron chi connectivity index (χ2n) is 16.2. The SMILES string of the molecule is Cc1cccc(C)c1C1CC2NC(N1)NS(=O)(=O)C1CCCC(C1)CN(C1CC3(CCN(CCC(F)(F)F)CC3)C1)[C@H](CC(C)C)CO2. The third kappa shape index (κ3) is 8.77. The molecule has 1 spiro atoms. The molecule has 4 bridgehead atoms. The Balaban J connectivity index is 1.22. The second kappa shape index (κ2) is 14.8. The summed E-state index contributed by atoms with van der Waals surface area (Å²) in [4.78, 5) is 4.68. The lowest BCUT2D eigenvalue weighted by atomic mass is 9.59. The van der Waals surface area contributed by atoms with Gasteiger partial charge in [-0.2, -0.15) is 17.9 Å². The third-order valence-electron chi connectivity index (χ3n) is 12.1. The van der Waals surface area contributed by atoms with Crippen LogP contribution in [0.3, 0.4) is 0 Å². The Morgan fingerprint density at radius 2 is 1.75 bits per heavy atom. The van der Waals surface area contributed by atoms with E-state index in [0.717, 1.165) is 64.6 Å². The van der Waals surface area contributed by atoms with E-state index < -0.39 is 34.2 Å². The van der Waals surface area contributed by atoms with Crippen LogP contribution in [0.15, 0.2) is 18.2 Å². The van der Waals surface area contributed by atoms with Crippen molar-refractivity contribution < 1.29 is 26.3 Å². The smallest absolute Gasteiger partial charge is 0.362 e. The highest BCUT2D eigenvalue weighted by molar-refractivity contribution is 7.90. The zero-order chi connectivity index (χ0) is 34.3. The van der Waals surface area contributed by atoms with E-state index in [1.165, 1.54) is 16.7 Å². The highest BCUT2D eigenvalue weighted by atomic mass is 32.2. The molecule has 48 heavy (non-hydrogen) atoms. The summed E-state index contributed by atoms with van der Waals surface area (Å²) in [6.07, 6.45) is 3.17. The van der Waals surface area contributed by atoms with Crippen molar-refractivity contribution in [1.29, 1.82) is 0 Å². The van der Waals surface area contributed by atoms with Gasteiger partial charge < -0.3 is 9.64 Å². The minimum atomic E-state index is -4.11. The fourth-order valence-electron chi connectivity index (χ4n) is 9.58. The van der Waals surface area contributed by atoms with Gasteiger partial charge in [0.05, 0.1) is 18.3 Å². The number of alkyl halides is 3. The molecule has 12 heteroatoms. The summed E-state index contributed by atoms with van der Waals surface area (Å²) in [5, 5.41) is 6.60. The van der Waals surface area contributed by atoms with Crippen LogP contribution in [0.2, 0.25) is 0 Å². The molecular formula is C36H58F3N5O3S. The first-order valence-electron chi connectivity index (χ1n) is 18.4. The fourth-order valence-corrected chi connectivity index (χ4v) is 11.2. The number of fused-ring (bicyclic) bond motifs is 4. The fraction of sp³-hybridized carbons (Fsp3) is 0.833. The van der Waals surface area contributed by atoms with Crippen LogP contribution in [-0.4, -0.2) is 87.0 Å². The summed E-state index contributed by atoms with van der Waals surface area (Å²) in [5.74, 6) is 0.763. The maximum absolute atomic E-state index is 13.9. The van der Waals surface area contributed by atoms with Gasteiger partial charge in [0.15, 0.2) is 0 Å². The molecule has 6 rings (SSSR count). The van der Waals surface area contributed by atoms with E-state index in [2.05, 4.69) is 66.1 Å². The number of aryl methyl sites for hydroxylation is 2. The number of sulfonamides is 1. The van der Waals surface area contributed by atoms with Gasteiger partial charge in [0.1, 0.15) is 12.5 Å². The van der Waals surface area contributed by atoms with Crippen LogP contribution < -0.4 is 15.4 Å². The van der Waals surface area contributed by atoms with Crippen molar-refractivity contribution in [3.05, 3.63) is 34.9 Å². The zero-order valence-corrected chi connectivity index (χ0v) is 30.1. The Bertz CT molecular complexity index is 1320. The van der Waals surface area contributed by atoms with Crippen LogP contribution in [0, 0.1) is 31.1 Å². The van der Waals surface area contributed by atoms with Crippen LogP contribution in [0.5, 0.6) is 0 Å². The maximum atomic E-state index is 13.9. The molecule has 0 aromatic heterocycles. The average Bonchev–Trinajstić information content (AvgIpc) is 2.99. The number of likely N-dealkylation sites (tertiary alicyclic amines) is 1. The molecule has 5 aliphatic rings. The lowest BCUT2D eigenvalue weighted by Gasteiger charge is -2.57. The second-order valence-corrected chi connectivity index (χ2v) is 18.2. The number of rotatable bonds is 6. The topological polar surface area (TPSA) is 85.9 Å². The van der Waals surface area contributed by atoms with Crippen LogP contribution in [0.1, 0.15) is 107 Å². The molecule has 3 saturated heterocycles. The molecule has 3 heterocycles. The first-order chi connectivity index (χ1) is 22.7. The predicted octanol–water partition coefficient (Wildman–Crippen LogP) is 5.96. The van der Waals surface area contributed by atoms with Gasteiger partial charge in [-0.05, 0) is 112 Å². The van der Waals surface area contributed by atoms with E-state index in [1.54, 1.807) is 0 Å². The van der Waals surface area contributed by atoms with E-state index in [0.29, 0.717) is 43.7 Å². The predicted molar refractivity (Wildman–Crippen MR) is 183 cm³/mol. The number of halogens is 3. The summed E-state index contributed by atoms with van der Waals surface area (Å²) in [7, 11) is -3.60. The van der Waals surface area contributed by atoms with Crippen molar-refractivity contribution in [1.82, 2.24) is 25.2 Å². The van der Waals surface area contributed by atoms with Crippen molar-refractivity contribution in [3.63, 3.8) is 0 Å². The lowest BCUT2D eigenvalue weighted by molar-refractivity contribution is -0.141. The van der Waals surface area contributed by atoms with Gasteiger partial charge >= 0.3 is 6.18 Å². The van der Waals surface area contributed by atoms with Gasteiger partial charge in [-0.3, -0.25) is 15.5 Å². The van der Waals surface area contributed by atoms with Crippen molar-refractivity contribution >= 4 is 10.0 Å². The third-order valence-corrected chi connectivity index (χ3v) is 14.0. The van der Waals surface area contributed by atoms with Gasteiger partial charge in [0, 0.05) is 37.6 Å². The number of nitrogens with one attached hydrogen (secondary N) is 3. The number of hydrogen-bond acceptors (Lipinski definition) is 7. The Labute approximate surface area is 286 Å². The van der Waals surface area contributed by atoms with E-state index in [9.17, 15) is 21.6 Å². The Hall–Kier alpha value is -1.28. The number of piperidine rings is 1. The molecule has 5 unspecified atom stereocenters. The summed E-state index contributed by atoms with van der Waals surface area (Å²) in [5.41, 5.74) is 3.76. The lowest BCUT2D eigenvalue weighted by Crippen LogP contribution is -2.64. The van der Waals surface area contributed by atoms with Gasteiger partial charge in [-0.15, -0.1) is 0 Å². The first kappa shape index (κ1) is 36.5. The van der Waals surface area contributed by atoms with E-state index in [4.69, 9.17) is 4.74 Å². The van der Waals surface area contributed by atoms with Gasteiger partial charge in [0.2, 0.25) is 10.0 Å².